The van der Waals surface area contributed by atoms with Crippen LogP contribution in [0.5, 0.6) is 0 Å². The minimum absolute atomic E-state index is 0.116. The van der Waals surface area contributed by atoms with Gasteiger partial charge in [0.05, 0.1) is 17.1 Å². The first-order valence-corrected chi connectivity index (χ1v) is 14.0. The number of aryl methyl sites for hydroxylation is 1. The zero-order valence-corrected chi connectivity index (χ0v) is 23.3. The number of anilines is 2. The number of rotatable bonds is 4. The third-order valence-electron chi connectivity index (χ3n) is 8.56. The fourth-order valence-corrected chi connectivity index (χ4v) is 6.18. The first-order valence-electron chi connectivity index (χ1n) is 14.0. The van der Waals surface area contributed by atoms with Gasteiger partial charge in [-0.2, -0.15) is 0 Å². The van der Waals surface area contributed by atoms with Crippen LogP contribution < -0.4 is 9.80 Å². The lowest BCUT2D eigenvalue weighted by atomic mass is 10.0. The fourth-order valence-electron chi connectivity index (χ4n) is 6.18. The number of hydrogen-bond acceptors (Lipinski definition) is 6. The van der Waals surface area contributed by atoms with Crippen LogP contribution in [0.1, 0.15) is 48.8 Å². The summed E-state index contributed by atoms with van der Waals surface area (Å²) in [5, 5.41) is 4.75. The lowest BCUT2D eigenvalue weighted by Crippen LogP contribution is -2.54. The highest BCUT2D eigenvalue weighted by Gasteiger charge is 2.38. The minimum Gasteiger partial charge on any atom is -0.355 e. The zero-order valence-electron chi connectivity index (χ0n) is 23.3. The van der Waals surface area contributed by atoms with Crippen molar-refractivity contribution in [1.29, 1.82) is 0 Å². The predicted molar refractivity (Wildman–Crippen MR) is 153 cm³/mol. The van der Waals surface area contributed by atoms with Crippen molar-refractivity contribution < 1.29 is 9.59 Å². The average Bonchev–Trinajstić information content (AvgIpc) is 3.63. The molecule has 3 heterocycles. The van der Waals surface area contributed by atoms with Gasteiger partial charge in [0, 0.05) is 44.8 Å². The lowest BCUT2D eigenvalue weighted by molar-refractivity contribution is -0.119. The second-order valence-corrected chi connectivity index (χ2v) is 11.2. The summed E-state index contributed by atoms with van der Waals surface area (Å²) in [5.41, 5.74) is 4.82. The smallest absolute Gasteiger partial charge is 0.293 e. The van der Waals surface area contributed by atoms with Gasteiger partial charge in [-0.25, -0.2) is 9.67 Å². The third kappa shape index (κ3) is 4.58. The van der Waals surface area contributed by atoms with E-state index in [1.807, 2.05) is 55.3 Å². The predicted octanol–water partition coefficient (Wildman–Crippen LogP) is 3.74. The molecule has 9 heteroatoms. The van der Waals surface area contributed by atoms with Gasteiger partial charge in [0.2, 0.25) is 11.7 Å². The number of carbonyl (C=O) groups is 2. The summed E-state index contributed by atoms with van der Waals surface area (Å²) in [6.45, 7) is 7.06. The van der Waals surface area contributed by atoms with E-state index in [4.69, 9.17) is 10.1 Å². The maximum absolute atomic E-state index is 13.5. The number of aromatic nitrogens is 3. The molecule has 3 aliphatic rings. The maximum atomic E-state index is 13.5. The molecule has 6 rings (SSSR count). The Hall–Kier alpha value is -3.72. The molecule has 2 amide bonds. The van der Waals surface area contributed by atoms with E-state index in [1.165, 1.54) is 12.8 Å². The van der Waals surface area contributed by atoms with Gasteiger partial charge in [-0.05, 0) is 64.1 Å². The fraction of sp³-hybridized carbons (Fsp3) is 0.467. The van der Waals surface area contributed by atoms with Crippen LogP contribution in [0.3, 0.4) is 0 Å². The molecule has 1 saturated heterocycles. The molecule has 0 N–H and O–H groups in total. The largest absolute Gasteiger partial charge is 0.355 e. The number of likely N-dealkylation sites (N-methyl/N-ethyl adjacent to an activating group) is 2. The summed E-state index contributed by atoms with van der Waals surface area (Å²) in [6.07, 6.45) is 4.56. The van der Waals surface area contributed by atoms with E-state index < -0.39 is 0 Å². The average molecular weight is 528 g/mol. The van der Waals surface area contributed by atoms with Crippen LogP contribution in [0.2, 0.25) is 0 Å². The maximum Gasteiger partial charge on any atom is 0.293 e. The van der Waals surface area contributed by atoms with Crippen molar-refractivity contribution in [3.05, 3.63) is 53.9 Å². The normalized spacial score (nSPS) is 20.6. The van der Waals surface area contributed by atoms with Gasteiger partial charge in [0.25, 0.3) is 5.91 Å². The molecule has 9 nitrogen and oxygen atoms in total. The Morgan fingerprint density at radius 2 is 1.62 bits per heavy atom. The van der Waals surface area contributed by atoms with Gasteiger partial charge < -0.3 is 19.6 Å². The topological polar surface area (TPSA) is 77.8 Å². The Morgan fingerprint density at radius 1 is 0.923 bits per heavy atom. The number of amides is 2. The second-order valence-electron chi connectivity index (χ2n) is 11.2. The van der Waals surface area contributed by atoms with Crippen LogP contribution in [-0.2, 0) is 4.79 Å². The summed E-state index contributed by atoms with van der Waals surface area (Å²) in [5.74, 6) is 0.809. The summed E-state index contributed by atoms with van der Waals surface area (Å²) in [7, 11) is 3.92. The lowest BCUT2D eigenvalue weighted by Gasteiger charge is -2.43. The molecule has 1 saturated carbocycles. The van der Waals surface area contributed by atoms with Gasteiger partial charge in [-0.15, -0.1) is 5.10 Å². The van der Waals surface area contributed by atoms with E-state index in [9.17, 15) is 9.59 Å². The van der Waals surface area contributed by atoms with Gasteiger partial charge in [-0.3, -0.25) is 9.59 Å². The zero-order chi connectivity index (χ0) is 27.3. The molecule has 1 aromatic heterocycles. The molecule has 1 aliphatic carbocycles. The van der Waals surface area contributed by atoms with E-state index in [-0.39, 0.29) is 23.7 Å². The Balaban J connectivity index is 1.45. The minimum atomic E-state index is -0.231. The highest BCUT2D eigenvalue weighted by molar-refractivity contribution is 6.05. The molecule has 39 heavy (non-hydrogen) atoms. The number of carbonyl (C=O) groups excluding carboxylic acids is 2. The molecule has 1 atom stereocenters. The van der Waals surface area contributed by atoms with E-state index in [2.05, 4.69) is 29.8 Å². The van der Waals surface area contributed by atoms with Gasteiger partial charge in [-0.1, -0.05) is 30.5 Å². The van der Waals surface area contributed by atoms with Crippen molar-refractivity contribution in [2.75, 3.05) is 50.1 Å². The Morgan fingerprint density at radius 3 is 2.31 bits per heavy atom. The molecule has 2 aliphatic heterocycles. The van der Waals surface area contributed by atoms with E-state index in [0.717, 1.165) is 54.1 Å². The molecule has 2 fully saturated rings. The van der Waals surface area contributed by atoms with Crippen molar-refractivity contribution >= 4 is 23.2 Å². The number of hydrogen-bond donors (Lipinski definition) is 0. The van der Waals surface area contributed by atoms with Crippen LogP contribution in [0.15, 0.2) is 42.5 Å². The molecule has 204 valence electrons. The van der Waals surface area contributed by atoms with E-state index >= 15 is 0 Å². The molecular weight excluding hydrogens is 490 g/mol. The monoisotopic (exact) mass is 527 g/mol. The summed E-state index contributed by atoms with van der Waals surface area (Å²) in [6, 6.07) is 14.3. The van der Waals surface area contributed by atoms with Crippen molar-refractivity contribution in [3.8, 4) is 17.1 Å². The van der Waals surface area contributed by atoms with Gasteiger partial charge in [0.15, 0.2) is 5.82 Å². The summed E-state index contributed by atoms with van der Waals surface area (Å²) in [4.78, 5) is 39.6. The Kier molecular flexibility index (Phi) is 6.62. The van der Waals surface area contributed by atoms with Crippen LogP contribution in [0, 0.1) is 6.92 Å². The summed E-state index contributed by atoms with van der Waals surface area (Å²) >= 11 is 0. The van der Waals surface area contributed by atoms with Crippen LogP contribution in [-0.4, -0.2) is 88.7 Å². The Bertz CT molecular complexity index is 1380. The molecule has 3 aromatic rings. The number of benzene rings is 2. The summed E-state index contributed by atoms with van der Waals surface area (Å²) < 4.78 is 1.78. The van der Waals surface area contributed by atoms with Gasteiger partial charge >= 0.3 is 0 Å². The quantitative estimate of drug-likeness (QED) is 0.515. The SMILES string of the molecule is Cc1ccc(-n2nc(C(=O)N3CCN(C)CC3)nc2-c2ccc3c(c2)N(C2CCCC2)C(C)C(=O)N3C)cc1. The number of fused-ring (bicyclic) bond motifs is 1. The van der Waals surface area contributed by atoms with Crippen molar-refractivity contribution in [2.24, 2.45) is 0 Å². The van der Waals surface area contributed by atoms with Crippen LogP contribution >= 0.6 is 0 Å². The highest BCUT2D eigenvalue weighted by Crippen LogP contribution is 2.42. The molecule has 2 aromatic carbocycles. The van der Waals surface area contributed by atoms with Crippen molar-refractivity contribution in [1.82, 2.24) is 24.6 Å². The Labute approximate surface area is 230 Å². The number of nitrogens with zero attached hydrogens (tertiary/aromatic N) is 7. The highest BCUT2D eigenvalue weighted by atomic mass is 16.2. The van der Waals surface area contributed by atoms with Crippen molar-refractivity contribution in [3.63, 3.8) is 0 Å². The van der Waals surface area contributed by atoms with Crippen LogP contribution in [0.4, 0.5) is 11.4 Å². The standard InChI is InChI=1S/C30H37N7O2/c1-20-9-12-24(13-10-20)37-28(31-27(32-37)30(39)35-17-15-33(3)16-18-35)22-11-14-25-26(19-22)36(23-7-5-6-8-23)21(2)29(38)34(25)4/h9-14,19,21,23H,5-8,15-18H2,1-4H3. The molecule has 0 radical (unpaired) electrons. The first-order chi connectivity index (χ1) is 18.8. The van der Waals surface area contributed by atoms with E-state index in [0.29, 0.717) is 25.0 Å². The first kappa shape index (κ1) is 25.6. The molecule has 0 spiro atoms. The third-order valence-corrected chi connectivity index (χ3v) is 8.56. The number of piperazine rings is 1. The second kappa shape index (κ2) is 10.1. The molecular formula is C30H37N7O2. The van der Waals surface area contributed by atoms with Crippen LogP contribution in [0.25, 0.3) is 17.1 Å². The van der Waals surface area contributed by atoms with Gasteiger partial charge in [0.1, 0.15) is 6.04 Å². The van der Waals surface area contributed by atoms with E-state index in [1.54, 1.807) is 9.58 Å². The van der Waals surface area contributed by atoms with Crippen molar-refractivity contribution in [2.45, 2.75) is 51.6 Å². The molecule has 1 unspecified atom stereocenters. The molecule has 0 bridgehead atoms.